The molecule has 1 fully saturated rings. The van der Waals surface area contributed by atoms with Crippen LogP contribution in [0.5, 0.6) is 0 Å². The van der Waals surface area contributed by atoms with Gasteiger partial charge in [0.25, 0.3) is 0 Å². The van der Waals surface area contributed by atoms with E-state index < -0.39 is 0 Å². The van der Waals surface area contributed by atoms with Crippen molar-refractivity contribution in [3.05, 3.63) is 71.5 Å². The second-order valence-corrected chi connectivity index (χ2v) is 8.51. The van der Waals surface area contributed by atoms with Crippen LogP contribution in [0.1, 0.15) is 0 Å². The first kappa shape index (κ1) is 20.5. The fraction of sp³-hybridized carbons (Fsp3) is 0.240. The van der Waals surface area contributed by atoms with Gasteiger partial charge in [-0.15, -0.1) is 0 Å². The molecule has 1 saturated heterocycles. The summed E-state index contributed by atoms with van der Waals surface area (Å²) in [5.41, 5.74) is 6.29. The summed E-state index contributed by atoms with van der Waals surface area (Å²) >= 11 is 0. The number of aromatic nitrogens is 5. The van der Waals surface area contributed by atoms with Crippen molar-refractivity contribution < 1.29 is 4.74 Å². The summed E-state index contributed by atoms with van der Waals surface area (Å²) < 4.78 is 10.7. The quantitative estimate of drug-likeness (QED) is 0.448. The van der Waals surface area contributed by atoms with Gasteiger partial charge in [0.1, 0.15) is 0 Å². The second kappa shape index (κ2) is 8.03. The fourth-order valence-electron chi connectivity index (χ4n) is 4.53. The molecule has 0 bridgehead atoms. The first-order valence-corrected chi connectivity index (χ1v) is 11.3. The molecule has 172 valence electrons. The summed E-state index contributed by atoms with van der Waals surface area (Å²) in [6.45, 7) is 3.33. The summed E-state index contributed by atoms with van der Waals surface area (Å²) in [7, 11) is 3.57. The van der Waals surface area contributed by atoms with Crippen molar-refractivity contribution in [1.82, 2.24) is 23.5 Å². The van der Waals surface area contributed by atoms with Crippen LogP contribution in [-0.4, -0.2) is 49.8 Å². The molecule has 0 amide bonds. The molecule has 1 aliphatic heterocycles. The summed E-state index contributed by atoms with van der Waals surface area (Å²) in [6, 6.07) is 14.3. The topological polar surface area (TPSA) is 81.6 Å². The zero-order chi connectivity index (χ0) is 23.2. The molecule has 9 nitrogen and oxygen atoms in total. The van der Waals surface area contributed by atoms with Crippen molar-refractivity contribution >= 4 is 33.9 Å². The van der Waals surface area contributed by atoms with Crippen LogP contribution >= 0.6 is 0 Å². The van der Waals surface area contributed by atoms with Gasteiger partial charge in [-0.05, 0) is 36.4 Å². The number of nitrogens with one attached hydrogen (secondary N) is 1. The van der Waals surface area contributed by atoms with Crippen LogP contribution in [0.2, 0.25) is 0 Å². The predicted molar refractivity (Wildman–Crippen MR) is 133 cm³/mol. The van der Waals surface area contributed by atoms with E-state index in [1.165, 1.54) is 5.69 Å². The molecule has 2 aromatic carbocycles. The number of rotatable bonds is 4. The maximum absolute atomic E-state index is 12.3. The lowest BCUT2D eigenvalue weighted by molar-refractivity contribution is 0.122. The van der Waals surface area contributed by atoms with Crippen LogP contribution in [0.3, 0.4) is 0 Å². The van der Waals surface area contributed by atoms with Gasteiger partial charge in [-0.1, -0.05) is 6.07 Å². The Kier molecular flexibility index (Phi) is 4.84. The molecule has 0 spiro atoms. The number of hydrogen-bond acceptors (Lipinski definition) is 6. The third-order valence-electron chi connectivity index (χ3n) is 6.45. The highest BCUT2D eigenvalue weighted by atomic mass is 16.5. The summed E-state index contributed by atoms with van der Waals surface area (Å²) in [5.74, 6) is 0.670. The molecule has 0 aliphatic carbocycles. The number of fused-ring (bicyclic) bond motifs is 2. The molecule has 1 aliphatic rings. The van der Waals surface area contributed by atoms with Crippen LogP contribution in [0.25, 0.3) is 27.9 Å². The van der Waals surface area contributed by atoms with Gasteiger partial charge in [-0.25, -0.2) is 14.8 Å². The second-order valence-electron chi connectivity index (χ2n) is 8.51. The Morgan fingerprint density at radius 1 is 0.971 bits per heavy atom. The smallest absolute Gasteiger partial charge is 0.328 e. The first-order chi connectivity index (χ1) is 16.6. The molecule has 4 heterocycles. The number of hydrogen-bond donors (Lipinski definition) is 1. The van der Waals surface area contributed by atoms with Gasteiger partial charge in [0.2, 0.25) is 0 Å². The van der Waals surface area contributed by atoms with Gasteiger partial charge < -0.3 is 19.4 Å². The maximum atomic E-state index is 12.3. The highest BCUT2D eigenvalue weighted by molar-refractivity contribution is 5.83. The number of imidazole rings is 2. The number of benzene rings is 2. The molecular formula is C25H25N7O2. The predicted octanol–water partition coefficient (Wildman–Crippen LogP) is 3.17. The molecule has 0 atom stereocenters. The highest BCUT2D eigenvalue weighted by Gasteiger charge is 2.14. The average molecular weight is 456 g/mol. The van der Waals surface area contributed by atoms with E-state index in [2.05, 4.69) is 39.5 Å². The monoisotopic (exact) mass is 455 g/mol. The number of nitrogens with zero attached hydrogens (tertiary/aromatic N) is 6. The molecule has 0 unspecified atom stereocenters. The van der Waals surface area contributed by atoms with E-state index >= 15 is 0 Å². The van der Waals surface area contributed by atoms with E-state index in [0.29, 0.717) is 5.82 Å². The zero-order valence-corrected chi connectivity index (χ0v) is 19.1. The van der Waals surface area contributed by atoms with E-state index in [4.69, 9.17) is 9.72 Å². The Hall–Kier alpha value is -4.11. The SMILES string of the molecule is Cn1c(=O)n(C)c2cc(-c3cn4ccnc4c(Nc4ccc(N5CCOCC5)cc4)n3)ccc21. The Morgan fingerprint density at radius 3 is 2.53 bits per heavy atom. The van der Waals surface area contributed by atoms with Gasteiger partial charge in [-0.3, -0.25) is 9.13 Å². The Morgan fingerprint density at radius 2 is 1.74 bits per heavy atom. The largest absolute Gasteiger partial charge is 0.378 e. The normalized spacial score (nSPS) is 14.2. The molecular weight excluding hydrogens is 430 g/mol. The fourth-order valence-corrected chi connectivity index (χ4v) is 4.53. The summed E-state index contributed by atoms with van der Waals surface area (Å²) in [5, 5.41) is 3.44. The van der Waals surface area contributed by atoms with Crippen molar-refractivity contribution in [2.24, 2.45) is 14.1 Å². The number of aryl methyl sites for hydroxylation is 2. The van der Waals surface area contributed by atoms with E-state index in [0.717, 1.165) is 59.9 Å². The first-order valence-electron chi connectivity index (χ1n) is 11.3. The van der Waals surface area contributed by atoms with Crippen molar-refractivity contribution in [2.45, 2.75) is 0 Å². The van der Waals surface area contributed by atoms with Gasteiger partial charge in [0.05, 0.1) is 29.9 Å². The summed E-state index contributed by atoms with van der Waals surface area (Å²) in [4.78, 5) is 24.0. The van der Waals surface area contributed by atoms with E-state index in [-0.39, 0.29) is 5.69 Å². The molecule has 0 saturated carbocycles. The Bertz CT molecular complexity index is 1560. The number of ether oxygens (including phenoxy) is 1. The van der Waals surface area contributed by atoms with Crippen LogP contribution < -0.4 is 15.9 Å². The van der Waals surface area contributed by atoms with Crippen molar-refractivity contribution in [3.8, 4) is 11.3 Å². The van der Waals surface area contributed by atoms with E-state index in [1.54, 1.807) is 29.4 Å². The van der Waals surface area contributed by atoms with E-state index in [9.17, 15) is 4.79 Å². The van der Waals surface area contributed by atoms with Crippen molar-refractivity contribution in [1.29, 1.82) is 0 Å². The highest BCUT2D eigenvalue weighted by Crippen LogP contribution is 2.27. The third kappa shape index (κ3) is 3.41. The molecule has 3 aromatic heterocycles. The van der Waals surface area contributed by atoms with Crippen molar-refractivity contribution in [2.75, 3.05) is 36.5 Å². The number of anilines is 3. The molecule has 1 N–H and O–H groups in total. The van der Waals surface area contributed by atoms with Crippen LogP contribution in [0, 0.1) is 0 Å². The zero-order valence-electron chi connectivity index (χ0n) is 19.1. The van der Waals surface area contributed by atoms with Crippen molar-refractivity contribution in [3.63, 3.8) is 0 Å². The van der Waals surface area contributed by atoms with Gasteiger partial charge in [0, 0.05) is 62.7 Å². The minimum Gasteiger partial charge on any atom is -0.378 e. The number of morpholine rings is 1. The Balaban J connectivity index is 1.36. The lowest BCUT2D eigenvalue weighted by atomic mass is 10.1. The minimum atomic E-state index is -0.0481. The third-order valence-corrected chi connectivity index (χ3v) is 6.45. The lowest BCUT2D eigenvalue weighted by Gasteiger charge is -2.28. The van der Waals surface area contributed by atoms with Crippen LogP contribution in [-0.2, 0) is 18.8 Å². The molecule has 5 aromatic rings. The molecule has 34 heavy (non-hydrogen) atoms. The van der Waals surface area contributed by atoms with Gasteiger partial charge in [-0.2, -0.15) is 0 Å². The maximum Gasteiger partial charge on any atom is 0.328 e. The molecule has 0 radical (unpaired) electrons. The van der Waals surface area contributed by atoms with Crippen LogP contribution in [0.4, 0.5) is 17.2 Å². The molecule has 9 heteroatoms. The van der Waals surface area contributed by atoms with Gasteiger partial charge >= 0.3 is 5.69 Å². The van der Waals surface area contributed by atoms with E-state index in [1.807, 2.05) is 35.0 Å². The average Bonchev–Trinajstić information content (AvgIpc) is 3.44. The van der Waals surface area contributed by atoms with Crippen LogP contribution in [0.15, 0.2) is 65.8 Å². The minimum absolute atomic E-state index is 0.0481. The molecule has 6 rings (SSSR count). The standard InChI is InChI=1S/C25H25N7O2/c1-29-21-8-3-17(15-22(21)30(2)25(29)33)20-16-32-10-9-26-24(32)23(28-20)27-18-4-6-19(7-5-18)31-11-13-34-14-12-31/h3-10,15-16H,11-14H2,1-2H3,(H,27,28). The lowest BCUT2D eigenvalue weighted by Crippen LogP contribution is -2.36. The van der Waals surface area contributed by atoms with Gasteiger partial charge in [0.15, 0.2) is 11.5 Å². The summed E-state index contributed by atoms with van der Waals surface area (Å²) in [6.07, 6.45) is 5.62. The Labute approximate surface area is 195 Å².